The lowest BCUT2D eigenvalue weighted by atomic mass is 9.73. The smallest absolute Gasteiger partial charge is 0.220 e. The number of hydrogen-bond donors (Lipinski definition) is 1. The summed E-state index contributed by atoms with van der Waals surface area (Å²) in [6.45, 7) is 3.72. The minimum Gasteiger partial charge on any atom is -0.370 e. The first-order chi connectivity index (χ1) is 13.7. The molecule has 2 bridgehead atoms. The number of benzene rings is 1. The summed E-state index contributed by atoms with van der Waals surface area (Å²) in [4.78, 5) is 19.3. The number of aryl methyl sites for hydroxylation is 1. The molecule has 4 atom stereocenters. The van der Waals surface area contributed by atoms with Crippen molar-refractivity contribution in [1.29, 1.82) is 0 Å². The molecule has 4 heterocycles. The molecule has 1 spiro atoms. The zero-order valence-electron chi connectivity index (χ0n) is 16.0. The van der Waals surface area contributed by atoms with E-state index in [2.05, 4.69) is 27.3 Å². The number of thiazole rings is 1. The zero-order chi connectivity index (χ0) is 19.0. The Morgan fingerprint density at radius 3 is 3.07 bits per heavy atom. The highest BCUT2D eigenvalue weighted by Gasteiger charge is 2.62. The molecule has 28 heavy (non-hydrogen) atoms. The number of hydrogen-bond acceptors (Lipinski definition) is 5. The number of likely N-dealkylation sites (tertiary alicyclic amines) is 1. The van der Waals surface area contributed by atoms with Gasteiger partial charge >= 0.3 is 0 Å². The number of carbonyl (C=O) groups excluding carboxylic acids is 1. The Morgan fingerprint density at radius 2 is 2.25 bits per heavy atom. The maximum absolute atomic E-state index is 12.4. The summed E-state index contributed by atoms with van der Waals surface area (Å²) in [6, 6.07) is 10.2. The van der Waals surface area contributed by atoms with Crippen molar-refractivity contribution in [3.63, 3.8) is 0 Å². The van der Waals surface area contributed by atoms with E-state index in [0.717, 1.165) is 45.4 Å². The van der Waals surface area contributed by atoms with Crippen LogP contribution < -0.4 is 5.32 Å². The second kappa shape index (κ2) is 7.58. The van der Waals surface area contributed by atoms with Gasteiger partial charge in [-0.25, -0.2) is 4.98 Å². The van der Waals surface area contributed by atoms with Crippen molar-refractivity contribution in [1.82, 2.24) is 15.2 Å². The zero-order valence-corrected chi connectivity index (χ0v) is 16.9. The van der Waals surface area contributed by atoms with E-state index < -0.39 is 0 Å². The predicted octanol–water partition coefficient (Wildman–Crippen LogP) is 2.87. The van der Waals surface area contributed by atoms with Crippen LogP contribution in [-0.4, -0.2) is 47.1 Å². The molecule has 1 aromatic heterocycles. The Labute approximate surface area is 170 Å². The van der Waals surface area contributed by atoms with Gasteiger partial charge in [0, 0.05) is 49.5 Å². The molecule has 1 N–H and O–H groups in total. The molecule has 3 aliphatic heterocycles. The molecule has 148 valence electrons. The third kappa shape index (κ3) is 3.49. The van der Waals surface area contributed by atoms with Crippen molar-refractivity contribution >= 4 is 17.2 Å². The summed E-state index contributed by atoms with van der Waals surface area (Å²) >= 11 is 1.72. The first-order valence-corrected chi connectivity index (χ1v) is 11.2. The van der Waals surface area contributed by atoms with E-state index >= 15 is 0 Å². The maximum Gasteiger partial charge on any atom is 0.220 e. The first-order valence-electron chi connectivity index (χ1n) is 10.3. The van der Waals surface area contributed by atoms with E-state index in [1.807, 2.05) is 29.8 Å². The van der Waals surface area contributed by atoms with Crippen LogP contribution in [0.5, 0.6) is 0 Å². The van der Waals surface area contributed by atoms with E-state index in [1.165, 1.54) is 10.6 Å². The molecule has 0 radical (unpaired) electrons. The van der Waals surface area contributed by atoms with Crippen molar-refractivity contribution in [2.24, 2.45) is 11.8 Å². The molecular formula is C22H27N3O2S. The normalized spacial score (nSPS) is 31.2. The third-order valence-corrected chi connectivity index (χ3v) is 7.48. The predicted molar refractivity (Wildman–Crippen MR) is 109 cm³/mol. The van der Waals surface area contributed by atoms with E-state index in [1.54, 1.807) is 11.3 Å². The molecule has 1 amide bonds. The van der Waals surface area contributed by atoms with Gasteiger partial charge in [-0.3, -0.25) is 9.69 Å². The maximum atomic E-state index is 12.4. The van der Waals surface area contributed by atoms with Crippen LogP contribution in [0.1, 0.15) is 29.8 Å². The van der Waals surface area contributed by atoms with Gasteiger partial charge in [-0.2, -0.15) is 0 Å². The highest BCUT2D eigenvalue weighted by Crippen LogP contribution is 2.54. The molecule has 1 aromatic carbocycles. The highest BCUT2D eigenvalue weighted by atomic mass is 32.1. The van der Waals surface area contributed by atoms with Gasteiger partial charge in [0.05, 0.1) is 18.2 Å². The van der Waals surface area contributed by atoms with Gasteiger partial charge in [0.2, 0.25) is 5.91 Å². The molecule has 5 rings (SSSR count). The average molecular weight is 398 g/mol. The van der Waals surface area contributed by atoms with Crippen LogP contribution in [-0.2, 0) is 22.5 Å². The lowest BCUT2D eigenvalue weighted by Crippen LogP contribution is -2.41. The van der Waals surface area contributed by atoms with Crippen molar-refractivity contribution < 1.29 is 9.53 Å². The van der Waals surface area contributed by atoms with Gasteiger partial charge in [0.1, 0.15) is 5.01 Å². The summed E-state index contributed by atoms with van der Waals surface area (Å²) in [5.41, 5.74) is 1.23. The van der Waals surface area contributed by atoms with E-state index in [-0.39, 0.29) is 11.5 Å². The van der Waals surface area contributed by atoms with Crippen molar-refractivity contribution in [3.05, 3.63) is 52.5 Å². The Kier molecular flexibility index (Phi) is 4.95. The van der Waals surface area contributed by atoms with Crippen LogP contribution in [0.25, 0.3) is 0 Å². The summed E-state index contributed by atoms with van der Waals surface area (Å²) in [5, 5.41) is 6.42. The lowest BCUT2D eigenvalue weighted by molar-refractivity contribution is -0.121. The molecule has 3 aliphatic rings. The van der Waals surface area contributed by atoms with Crippen LogP contribution >= 0.6 is 11.3 Å². The molecule has 5 nitrogen and oxygen atoms in total. The van der Waals surface area contributed by atoms with Gasteiger partial charge in [-0.05, 0) is 24.8 Å². The van der Waals surface area contributed by atoms with Crippen LogP contribution in [0, 0.1) is 11.8 Å². The van der Waals surface area contributed by atoms with Crippen LogP contribution in [0.2, 0.25) is 0 Å². The summed E-state index contributed by atoms with van der Waals surface area (Å²) < 4.78 is 6.50. The second-order valence-electron chi connectivity index (χ2n) is 8.42. The van der Waals surface area contributed by atoms with E-state index in [4.69, 9.17) is 4.74 Å². The molecule has 3 saturated heterocycles. The number of aromatic nitrogens is 1. The van der Waals surface area contributed by atoms with Gasteiger partial charge < -0.3 is 10.1 Å². The van der Waals surface area contributed by atoms with Gasteiger partial charge in [-0.15, -0.1) is 11.3 Å². The summed E-state index contributed by atoms with van der Waals surface area (Å²) in [5.74, 6) is 1.12. The summed E-state index contributed by atoms with van der Waals surface area (Å²) in [6.07, 6.45) is 5.84. The fraction of sp³-hybridized carbons (Fsp3) is 0.545. The molecular weight excluding hydrogens is 370 g/mol. The van der Waals surface area contributed by atoms with Crippen molar-refractivity contribution in [3.8, 4) is 0 Å². The average Bonchev–Trinajstić information content (AvgIpc) is 3.47. The van der Waals surface area contributed by atoms with E-state index in [9.17, 15) is 4.79 Å². The van der Waals surface area contributed by atoms with Crippen LogP contribution in [0.3, 0.4) is 0 Å². The fourth-order valence-electron chi connectivity index (χ4n) is 5.43. The molecule has 3 fully saturated rings. The Bertz CT molecular complexity index is 812. The Morgan fingerprint density at radius 1 is 1.36 bits per heavy atom. The number of fused-ring (bicyclic) bond motifs is 1. The number of carbonyl (C=O) groups is 1. The fourth-order valence-corrected chi connectivity index (χ4v) is 6.08. The molecule has 2 aromatic rings. The number of ether oxygens (including phenoxy) is 1. The van der Waals surface area contributed by atoms with Gasteiger partial charge in [0.25, 0.3) is 0 Å². The quantitative estimate of drug-likeness (QED) is 0.781. The Hall–Kier alpha value is -1.76. The Balaban J connectivity index is 1.15. The molecule has 0 aliphatic carbocycles. The molecule has 0 saturated carbocycles. The highest BCUT2D eigenvalue weighted by molar-refractivity contribution is 7.09. The first kappa shape index (κ1) is 18.3. The lowest BCUT2D eigenvalue weighted by Gasteiger charge is -2.29. The number of amides is 1. The van der Waals surface area contributed by atoms with Gasteiger partial charge in [-0.1, -0.05) is 30.3 Å². The molecule has 6 heteroatoms. The van der Waals surface area contributed by atoms with E-state index in [0.29, 0.717) is 24.4 Å². The monoisotopic (exact) mass is 397 g/mol. The van der Waals surface area contributed by atoms with Crippen LogP contribution in [0.4, 0.5) is 0 Å². The second-order valence-corrected chi connectivity index (χ2v) is 9.39. The van der Waals surface area contributed by atoms with Crippen molar-refractivity contribution in [2.45, 2.75) is 43.9 Å². The minimum atomic E-state index is 0.0152. The topological polar surface area (TPSA) is 54.5 Å². The van der Waals surface area contributed by atoms with Crippen molar-refractivity contribution in [2.75, 3.05) is 19.6 Å². The van der Waals surface area contributed by atoms with Gasteiger partial charge in [0.15, 0.2) is 0 Å². The third-order valence-electron chi connectivity index (χ3n) is 6.72. The summed E-state index contributed by atoms with van der Waals surface area (Å²) in [7, 11) is 0. The van der Waals surface area contributed by atoms with Crippen LogP contribution in [0.15, 0.2) is 41.9 Å². The number of nitrogens with zero attached hydrogens (tertiary/aromatic N) is 2. The molecule has 0 unspecified atom stereocenters. The standard InChI is InChI=1S/C22H27N3O2S/c26-20(7-6-16-4-2-1-3-5-16)24-12-17-18-13-25(14-21-23-10-11-28-21)15-22(18)9-8-19(17)27-22/h1-5,10-11,17-19H,6-9,12-15H2,(H,24,26)/t17-,18+,19+,22+/m0/s1. The largest absolute Gasteiger partial charge is 0.370 e. The number of rotatable bonds is 7. The SMILES string of the molecule is O=C(CCc1ccccc1)NC[C@H]1[C@H]2CN(Cc3nccs3)C[C@]23CC[C@H]1O3. The number of nitrogens with one attached hydrogen (secondary N) is 1. The minimum absolute atomic E-state index is 0.0152.